The summed E-state index contributed by atoms with van der Waals surface area (Å²) in [5, 5.41) is 0. The number of aryl methyl sites for hydroxylation is 1. The normalized spacial score (nSPS) is 17.6. The van der Waals surface area contributed by atoms with Gasteiger partial charge >= 0.3 is 0 Å². The minimum atomic E-state index is 0.0709. The Morgan fingerprint density at radius 3 is 3.05 bits per heavy atom. The van der Waals surface area contributed by atoms with Gasteiger partial charge in [-0.2, -0.15) is 0 Å². The van der Waals surface area contributed by atoms with Crippen molar-refractivity contribution in [2.24, 2.45) is 5.73 Å². The lowest BCUT2D eigenvalue weighted by atomic mass is 9.93. The summed E-state index contributed by atoms with van der Waals surface area (Å²) in [7, 11) is 1.65. The Hall–Kier alpha value is -1.46. The Balaban J connectivity index is 2.07. The number of nitrogens with two attached hydrogens (primary N) is 1. The summed E-state index contributed by atoms with van der Waals surface area (Å²) in [6, 6.07) is 5.86. The smallest absolute Gasteiger partial charge is 0.160 e. The van der Waals surface area contributed by atoms with Crippen LogP contribution in [0.5, 0.6) is 5.75 Å². The van der Waals surface area contributed by atoms with Crippen LogP contribution in [0.4, 0.5) is 0 Å². The fourth-order valence-electron chi connectivity index (χ4n) is 2.51. The van der Waals surface area contributed by atoms with Crippen molar-refractivity contribution in [3.63, 3.8) is 0 Å². The molecule has 1 atom stereocenters. The average molecular weight is 334 g/mol. The molecule has 104 valence electrons. The van der Waals surface area contributed by atoms with Crippen molar-refractivity contribution in [2.45, 2.75) is 25.3 Å². The van der Waals surface area contributed by atoms with Gasteiger partial charge in [0.1, 0.15) is 5.75 Å². The van der Waals surface area contributed by atoms with Crippen LogP contribution >= 0.6 is 15.9 Å². The van der Waals surface area contributed by atoms with E-state index in [1.54, 1.807) is 7.11 Å². The maximum Gasteiger partial charge on any atom is 0.160 e. The van der Waals surface area contributed by atoms with Gasteiger partial charge in [0.15, 0.2) is 5.82 Å². The summed E-state index contributed by atoms with van der Waals surface area (Å²) in [6.45, 7) is 0. The van der Waals surface area contributed by atoms with Crippen LogP contribution in [0.2, 0.25) is 0 Å². The van der Waals surface area contributed by atoms with Gasteiger partial charge in [0, 0.05) is 33.5 Å². The van der Waals surface area contributed by atoms with Crippen LogP contribution in [0.3, 0.4) is 0 Å². The Morgan fingerprint density at radius 1 is 1.40 bits per heavy atom. The number of aromatic nitrogens is 2. The van der Waals surface area contributed by atoms with Crippen molar-refractivity contribution >= 4 is 15.9 Å². The van der Waals surface area contributed by atoms with Crippen LogP contribution in [0.15, 0.2) is 28.9 Å². The molecule has 4 nitrogen and oxygen atoms in total. The number of fused-ring (bicyclic) bond motifs is 1. The van der Waals surface area contributed by atoms with Crippen molar-refractivity contribution < 1.29 is 4.74 Å². The number of methoxy groups -OCH3 is 1. The van der Waals surface area contributed by atoms with Gasteiger partial charge < -0.3 is 10.5 Å². The van der Waals surface area contributed by atoms with E-state index in [4.69, 9.17) is 15.5 Å². The highest BCUT2D eigenvalue weighted by Gasteiger charge is 2.20. The summed E-state index contributed by atoms with van der Waals surface area (Å²) in [5.41, 5.74) is 9.19. The standard InChI is InChI=1S/C15H16BrN3O/c1-20-9-5-6-12(16)10(7-9)15-18-8-11-13(17)3-2-4-14(11)19-15/h5-8,13H,2-4,17H2,1H3. The summed E-state index contributed by atoms with van der Waals surface area (Å²) in [5.74, 6) is 1.50. The zero-order valence-corrected chi connectivity index (χ0v) is 12.9. The van der Waals surface area contributed by atoms with Crippen molar-refractivity contribution in [1.82, 2.24) is 9.97 Å². The molecule has 0 saturated carbocycles. The van der Waals surface area contributed by atoms with Gasteiger partial charge in [0.05, 0.1) is 7.11 Å². The highest BCUT2D eigenvalue weighted by atomic mass is 79.9. The SMILES string of the molecule is COc1ccc(Br)c(-c2ncc3c(n2)CCCC3N)c1. The molecule has 1 aromatic heterocycles. The molecule has 1 aromatic carbocycles. The zero-order chi connectivity index (χ0) is 14.1. The second-order valence-electron chi connectivity index (χ2n) is 4.94. The molecule has 3 rings (SSSR count). The molecule has 1 unspecified atom stereocenters. The highest BCUT2D eigenvalue weighted by Crippen LogP contribution is 2.32. The number of hydrogen-bond acceptors (Lipinski definition) is 4. The Morgan fingerprint density at radius 2 is 2.25 bits per heavy atom. The van der Waals surface area contributed by atoms with Gasteiger partial charge in [-0.05, 0) is 37.5 Å². The van der Waals surface area contributed by atoms with Crippen LogP contribution in [-0.2, 0) is 6.42 Å². The molecule has 0 spiro atoms. The molecule has 20 heavy (non-hydrogen) atoms. The lowest BCUT2D eigenvalue weighted by Gasteiger charge is -2.21. The van der Waals surface area contributed by atoms with Gasteiger partial charge in [-0.1, -0.05) is 15.9 Å². The van der Waals surface area contributed by atoms with E-state index in [1.807, 2.05) is 24.4 Å². The first kappa shape index (κ1) is 13.5. The number of rotatable bonds is 2. The molecular weight excluding hydrogens is 318 g/mol. The molecule has 1 aliphatic rings. The summed E-state index contributed by atoms with van der Waals surface area (Å²) in [6.07, 6.45) is 4.94. The van der Waals surface area contributed by atoms with E-state index >= 15 is 0 Å². The number of hydrogen-bond donors (Lipinski definition) is 1. The lowest BCUT2D eigenvalue weighted by Crippen LogP contribution is -2.19. The third-order valence-corrected chi connectivity index (χ3v) is 4.33. The zero-order valence-electron chi connectivity index (χ0n) is 11.3. The monoisotopic (exact) mass is 333 g/mol. The van der Waals surface area contributed by atoms with Crippen LogP contribution in [-0.4, -0.2) is 17.1 Å². The largest absolute Gasteiger partial charge is 0.497 e. The van der Waals surface area contributed by atoms with E-state index in [-0.39, 0.29) is 6.04 Å². The summed E-state index contributed by atoms with van der Waals surface area (Å²) < 4.78 is 6.22. The fourth-order valence-corrected chi connectivity index (χ4v) is 2.94. The van der Waals surface area contributed by atoms with Crippen molar-refractivity contribution in [2.75, 3.05) is 7.11 Å². The second kappa shape index (κ2) is 5.50. The minimum Gasteiger partial charge on any atom is -0.497 e. The maximum absolute atomic E-state index is 6.10. The molecule has 2 aromatic rings. The van der Waals surface area contributed by atoms with Gasteiger partial charge in [-0.25, -0.2) is 9.97 Å². The molecule has 1 heterocycles. The molecule has 2 N–H and O–H groups in total. The molecule has 0 bridgehead atoms. The highest BCUT2D eigenvalue weighted by molar-refractivity contribution is 9.10. The summed E-state index contributed by atoms with van der Waals surface area (Å²) >= 11 is 3.54. The van der Waals surface area contributed by atoms with E-state index in [2.05, 4.69) is 20.9 Å². The van der Waals surface area contributed by atoms with E-state index in [0.717, 1.165) is 46.3 Å². The topological polar surface area (TPSA) is 61.0 Å². The number of benzene rings is 1. The first-order chi connectivity index (χ1) is 9.69. The van der Waals surface area contributed by atoms with Crippen molar-refractivity contribution in [1.29, 1.82) is 0 Å². The van der Waals surface area contributed by atoms with Crippen molar-refractivity contribution in [3.05, 3.63) is 40.1 Å². The van der Waals surface area contributed by atoms with E-state index in [9.17, 15) is 0 Å². The van der Waals surface area contributed by atoms with Crippen LogP contribution in [0.25, 0.3) is 11.4 Å². The fraction of sp³-hybridized carbons (Fsp3) is 0.333. The quantitative estimate of drug-likeness (QED) is 0.916. The first-order valence-electron chi connectivity index (χ1n) is 6.64. The van der Waals surface area contributed by atoms with Gasteiger partial charge in [0.2, 0.25) is 0 Å². The number of ether oxygens (including phenoxy) is 1. The molecule has 0 aliphatic heterocycles. The molecule has 0 saturated heterocycles. The number of halogens is 1. The maximum atomic E-state index is 6.10. The average Bonchev–Trinajstić information content (AvgIpc) is 2.48. The van der Waals surface area contributed by atoms with Gasteiger partial charge in [-0.15, -0.1) is 0 Å². The Bertz CT molecular complexity index is 645. The predicted octanol–water partition coefficient (Wildman–Crippen LogP) is 3.25. The Labute approximate surface area is 126 Å². The first-order valence-corrected chi connectivity index (χ1v) is 7.43. The lowest BCUT2D eigenvalue weighted by molar-refractivity contribution is 0.415. The van der Waals surface area contributed by atoms with E-state index in [0.29, 0.717) is 5.82 Å². The van der Waals surface area contributed by atoms with Crippen molar-refractivity contribution in [3.8, 4) is 17.1 Å². The van der Waals surface area contributed by atoms with Crippen LogP contribution < -0.4 is 10.5 Å². The molecule has 0 fully saturated rings. The van der Waals surface area contributed by atoms with E-state index < -0.39 is 0 Å². The molecular formula is C15H16BrN3O. The minimum absolute atomic E-state index is 0.0709. The molecule has 0 amide bonds. The Kier molecular flexibility index (Phi) is 3.72. The molecule has 5 heteroatoms. The summed E-state index contributed by atoms with van der Waals surface area (Å²) in [4.78, 5) is 9.17. The van der Waals surface area contributed by atoms with Gasteiger partial charge in [-0.3, -0.25) is 0 Å². The third kappa shape index (κ3) is 2.43. The van der Waals surface area contributed by atoms with Crippen LogP contribution in [0.1, 0.15) is 30.1 Å². The number of nitrogens with zero attached hydrogens (tertiary/aromatic N) is 2. The van der Waals surface area contributed by atoms with Gasteiger partial charge in [0.25, 0.3) is 0 Å². The third-order valence-electron chi connectivity index (χ3n) is 3.64. The van der Waals surface area contributed by atoms with Crippen LogP contribution in [0, 0.1) is 0 Å². The van der Waals surface area contributed by atoms with E-state index in [1.165, 1.54) is 0 Å². The molecule has 1 aliphatic carbocycles. The second-order valence-corrected chi connectivity index (χ2v) is 5.79. The molecule has 0 radical (unpaired) electrons. The predicted molar refractivity (Wildman–Crippen MR) is 81.6 cm³/mol.